The molecule has 132 valence electrons. The molecule has 3 rings (SSSR count). The SMILES string of the molecule is CC(NC(=O)c1cccs1)C(=O)N1CCN(c2ccc(F)cc2)CC1. The quantitative estimate of drug-likeness (QED) is 0.910. The van der Waals surface area contributed by atoms with Gasteiger partial charge in [0.05, 0.1) is 4.88 Å². The van der Waals surface area contributed by atoms with E-state index in [1.807, 2.05) is 5.38 Å². The molecule has 7 heteroatoms. The van der Waals surface area contributed by atoms with Crippen molar-refractivity contribution in [2.24, 2.45) is 0 Å². The van der Waals surface area contributed by atoms with Crippen LogP contribution in [0, 0.1) is 5.82 Å². The fraction of sp³-hybridized carbons (Fsp3) is 0.333. The Labute approximate surface area is 150 Å². The lowest BCUT2D eigenvalue weighted by Gasteiger charge is -2.37. The van der Waals surface area contributed by atoms with Crippen molar-refractivity contribution in [2.45, 2.75) is 13.0 Å². The van der Waals surface area contributed by atoms with Gasteiger partial charge in [-0.15, -0.1) is 11.3 Å². The lowest BCUT2D eigenvalue weighted by Crippen LogP contribution is -2.54. The molecule has 5 nitrogen and oxygen atoms in total. The first-order valence-electron chi connectivity index (χ1n) is 8.18. The summed E-state index contributed by atoms with van der Waals surface area (Å²) in [5, 5.41) is 4.58. The van der Waals surface area contributed by atoms with Gasteiger partial charge in [-0.25, -0.2) is 4.39 Å². The Morgan fingerprint density at radius 2 is 1.80 bits per heavy atom. The fourth-order valence-electron chi connectivity index (χ4n) is 2.85. The van der Waals surface area contributed by atoms with E-state index in [1.54, 1.807) is 36.1 Å². The number of carbonyl (C=O) groups excluding carboxylic acids is 2. The minimum atomic E-state index is -0.563. The van der Waals surface area contributed by atoms with Gasteiger partial charge in [-0.1, -0.05) is 6.07 Å². The number of halogens is 1. The third-order valence-electron chi connectivity index (χ3n) is 4.25. The minimum Gasteiger partial charge on any atom is -0.368 e. The van der Waals surface area contributed by atoms with Crippen LogP contribution in [0.3, 0.4) is 0 Å². The predicted octanol–water partition coefficient (Wildman–Crippen LogP) is 2.35. The van der Waals surface area contributed by atoms with Gasteiger partial charge >= 0.3 is 0 Å². The van der Waals surface area contributed by atoms with Gasteiger partial charge < -0.3 is 15.1 Å². The van der Waals surface area contributed by atoms with Crippen LogP contribution in [0.1, 0.15) is 16.6 Å². The summed E-state index contributed by atoms with van der Waals surface area (Å²) in [6.45, 7) is 4.23. The molecule has 1 aliphatic rings. The maximum absolute atomic E-state index is 13.0. The molecule has 1 saturated heterocycles. The zero-order valence-electron chi connectivity index (χ0n) is 13.9. The average molecular weight is 361 g/mol. The van der Waals surface area contributed by atoms with Crippen LogP contribution in [0.4, 0.5) is 10.1 Å². The molecular weight excluding hydrogens is 341 g/mol. The Morgan fingerprint density at radius 3 is 2.40 bits per heavy atom. The van der Waals surface area contributed by atoms with E-state index in [1.165, 1.54) is 23.5 Å². The second kappa shape index (κ2) is 7.65. The maximum atomic E-state index is 13.0. The second-order valence-corrected chi connectivity index (χ2v) is 6.91. The molecule has 1 unspecified atom stereocenters. The second-order valence-electron chi connectivity index (χ2n) is 5.96. The molecule has 2 aromatic rings. The van der Waals surface area contributed by atoms with E-state index in [0.29, 0.717) is 31.1 Å². The molecule has 25 heavy (non-hydrogen) atoms. The van der Waals surface area contributed by atoms with Crippen molar-refractivity contribution in [3.63, 3.8) is 0 Å². The first kappa shape index (κ1) is 17.4. The number of anilines is 1. The summed E-state index contributed by atoms with van der Waals surface area (Å²) in [6, 6.07) is 9.35. The highest BCUT2D eigenvalue weighted by Crippen LogP contribution is 2.17. The minimum absolute atomic E-state index is 0.0799. The van der Waals surface area contributed by atoms with E-state index in [-0.39, 0.29) is 17.6 Å². The monoisotopic (exact) mass is 361 g/mol. The predicted molar refractivity (Wildman–Crippen MR) is 96.4 cm³/mol. The fourth-order valence-corrected chi connectivity index (χ4v) is 3.47. The molecule has 1 fully saturated rings. The molecule has 0 bridgehead atoms. The number of carbonyl (C=O) groups is 2. The van der Waals surface area contributed by atoms with Crippen molar-refractivity contribution in [1.82, 2.24) is 10.2 Å². The van der Waals surface area contributed by atoms with Crippen LogP contribution in [-0.4, -0.2) is 48.9 Å². The van der Waals surface area contributed by atoms with Gasteiger partial charge in [0.15, 0.2) is 0 Å². The number of hydrogen-bond acceptors (Lipinski definition) is 4. The molecule has 1 aromatic heterocycles. The van der Waals surface area contributed by atoms with E-state index in [9.17, 15) is 14.0 Å². The Bertz CT molecular complexity index is 725. The molecule has 0 radical (unpaired) electrons. The summed E-state index contributed by atoms with van der Waals surface area (Å²) in [5.74, 6) is -0.558. The van der Waals surface area contributed by atoms with Crippen molar-refractivity contribution in [3.05, 3.63) is 52.5 Å². The Morgan fingerprint density at radius 1 is 1.12 bits per heavy atom. The summed E-state index contributed by atoms with van der Waals surface area (Å²) >= 11 is 1.35. The van der Waals surface area contributed by atoms with Crippen LogP contribution < -0.4 is 10.2 Å². The summed E-state index contributed by atoms with van der Waals surface area (Å²) < 4.78 is 13.0. The molecule has 0 spiro atoms. The van der Waals surface area contributed by atoms with Gasteiger partial charge in [-0.05, 0) is 42.6 Å². The van der Waals surface area contributed by atoms with Crippen LogP contribution in [0.2, 0.25) is 0 Å². The normalized spacial score (nSPS) is 15.8. The zero-order chi connectivity index (χ0) is 17.8. The van der Waals surface area contributed by atoms with Gasteiger partial charge in [0.25, 0.3) is 5.91 Å². The van der Waals surface area contributed by atoms with Gasteiger partial charge in [-0.3, -0.25) is 9.59 Å². The average Bonchev–Trinajstić information content (AvgIpc) is 3.17. The van der Waals surface area contributed by atoms with Crippen molar-refractivity contribution < 1.29 is 14.0 Å². The number of amides is 2. The maximum Gasteiger partial charge on any atom is 0.261 e. The van der Waals surface area contributed by atoms with Crippen LogP contribution in [-0.2, 0) is 4.79 Å². The molecule has 1 atom stereocenters. The van der Waals surface area contributed by atoms with Gasteiger partial charge in [0.2, 0.25) is 5.91 Å². The summed E-state index contributed by atoms with van der Waals surface area (Å²) in [5.41, 5.74) is 0.951. The van der Waals surface area contributed by atoms with Crippen LogP contribution in [0.15, 0.2) is 41.8 Å². The smallest absolute Gasteiger partial charge is 0.261 e. The van der Waals surface area contributed by atoms with Gasteiger partial charge in [0, 0.05) is 31.9 Å². The third kappa shape index (κ3) is 4.17. The van der Waals surface area contributed by atoms with Gasteiger partial charge in [0.1, 0.15) is 11.9 Å². The number of piperazine rings is 1. The van der Waals surface area contributed by atoms with E-state index < -0.39 is 6.04 Å². The number of thiophene rings is 1. The standard InChI is InChI=1S/C18H20FN3O2S/c1-13(20-17(23)16-3-2-12-25-16)18(24)22-10-8-21(9-11-22)15-6-4-14(19)5-7-15/h2-7,12-13H,8-11H2,1H3,(H,20,23). The summed E-state index contributed by atoms with van der Waals surface area (Å²) in [6.07, 6.45) is 0. The van der Waals surface area contributed by atoms with E-state index >= 15 is 0 Å². The van der Waals surface area contributed by atoms with Crippen molar-refractivity contribution in [1.29, 1.82) is 0 Å². The molecule has 1 aliphatic heterocycles. The first-order valence-corrected chi connectivity index (χ1v) is 9.06. The number of nitrogens with one attached hydrogen (secondary N) is 1. The Kier molecular flexibility index (Phi) is 5.33. The van der Waals surface area contributed by atoms with Crippen LogP contribution in [0.5, 0.6) is 0 Å². The molecule has 2 heterocycles. The van der Waals surface area contributed by atoms with Crippen LogP contribution >= 0.6 is 11.3 Å². The lowest BCUT2D eigenvalue weighted by molar-refractivity contribution is -0.133. The highest BCUT2D eigenvalue weighted by Gasteiger charge is 2.26. The number of hydrogen-bond donors (Lipinski definition) is 1. The molecular formula is C18H20FN3O2S. The number of benzene rings is 1. The molecule has 0 saturated carbocycles. The number of nitrogens with zero attached hydrogens (tertiary/aromatic N) is 2. The van der Waals surface area contributed by atoms with Crippen LogP contribution in [0.25, 0.3) is 0 Å². The lowest BCUT2D eigenvalue weighted by atomic mass is 10.2. The molecule has 1 N–H and O–H groups in total. The summed E-state index contributed by atoms with van der Waals surface area (Å²) in [4.78, 5) is 29.1. The first-order chi connectivity index (χ1) is 12.0. The summed E-state index contributed by atoms with van der Waals surface area (Å²) in [7, 11) is 0. The Balaban J connectivity index is 1.52. The Hall–Kier alpha value is -2.41. The van der Waals surface area contributed by atoms with Crippen molar-refractivity contribution in [3.8, 4) is 0 Å². The van der Waals surface area contributed by atoms with E-state index in [0.717, 1.165) is 5.69 Å². The largest absolute Gasteiger partial charge is 0.368 e. The van der Waals surface area contributed by atoms with E-state index in [4.69, 9.17) is 0 Å². The molecule has 1 aromatic carbocycles. The number of rotatable bonds is 4. The molecule has 2 amide bonds. The molecule has 0 aliphatic carbocycles. The third-order valence-corrected chi connectivity index (χ3v) is 5.11. The van der Waals surface area contributed by atoms with E-state index in [2.05, 4.69) is 10.2 Å². The van der Waals surface area contributed by atoms with Crippen molar-refractivity contribution >= 4 is 28.8 Å². The highest BCUT2D eigenvalue weighted by molar-refractivity contribution is 7.12. The van der Waals surface area contributed by atoms with Crippen molar-refractivity contribution in [2.75, 3.05) is 31.1 Å². The highest BCUT2D eigenvalue weighted by atomic mass is 32.1. The zero-order valence-corrected chi connectivity index (χ0v) is 14.8. The van der Waals surface area contributed by atoms with Gasteiger partial charge in [-0.2, -0.15) is 0 Å². The topological polar surface area (TPSA) is 52.7 Å².